The molecule has 1 aromatic heterocycles. The molecule has 0 unspecified atom stereocenters. The summed E-state index contributed by atoms with van der Waals surface area (Å²) in [6.45, 7) is 1.92. The maximum absolute atomic E-state index is 12.8. The van der Waals surface area contributed by atoms with Crippen LogP contribution >= 0.6 is 0 Å². The zero-order valence-corrected chi connectivity index (χ0v) is 22.0. The maximum Gasteiger partial charge on any atom is 0.511 e. The van der Waals surface area contributed by atoms with Crippen LogP contribution in [0, 0.1) is 0 Å². The quantitative estimate of drug-likeness (QED) is 0.385. The standard InChI is InChI=1S/C27H36N4O6/c1-28(2)13-9-20-17-31(25-8-7-23(34-4)16-24(20)25)26(32)35-19-36-27(33)37-22-10-14-30(15-11-22)21-6-5-12-29(3)18-21/h5,7-8,12,16-18,22H,6,9-11,13-15,19H2,1-4H3. The zero-order valence-electron chi connectivity index (χ0n) is 22.0. The number of fused-ring (bicyclic) bond motifs is 1. The summed E-state index contributed by atoms with van der Waals surface area (Å²) in [5, 5.41) is 0.913. The molecule has 0 atom stereocenters. The van der Waals surface area contributed by atoms with Gasteiger partial charge < -0.3 is 33.6 Å². The van der Waals surface area contributed by atoms with E-state index < -0.39 is 19.0 Å². The lowest BCUT2D eigenvalue weighted by Gasteiger charge is -2.35. The highest BCUT2D eigenvalue weighted by Crippen LogP contribution is 2.27. The summed E-state index contributed by atoms with van der Waals surface area (Å²) in [6.07, 6.45) is 9.47. The van der Waals surface area contributed by atoms with Crippen LogP contribution in [0.3, 0.4) is 0 Å². The van der Waals surface area contributed by atoms with Crippen LogP contribution in [0.2, 0.25) is 0 Å². The summed E-state index contributed by atoms with van der Waals surface area (Å²) in [5.74, 6) is 0.710. The Morgan fingerprint density at radius 2 is 1.92 bits per heavy atom. The van der Waals surface area contributed by atoms with Crippen LogP contribution in [0.15, 0.2) is 48.6 Å². The van der Waals surface area contributed by atoms with E-state index >= 15 is 0 Å². The summed E-state index contributed by atoms with van der Waals surface area (Å²) in [4.78, 5) is 31.4. The van der Waals surface area contributed by atoms with E-state index in [1.165, 1.54) is 10.3 Å². The number of benzene rings is 1. The number of likely N-dealkylation sites (N-methyl/N-ethyl adjacent to an activating group) is 1. The van der Waals surface area contributed by atoms with Crippen molar-refractivity contribution in [3.05, 3.63) is 54.1 Å². The lowest BCUT2D eigenvalue weighted by atomic mass is 10.1. The Morgan fingerprint density at radius 1 is 1.14 bits per heavy atom. The number of piperidine rings is 1. The van der Waals surface area contributed by atoms with Gasteiger partial charge in [-0.05, 0) is 50.5 Å². The molecule has 0 bridgehead atoms. The van der Waals surface area contributed by atoms with E-state index in [-0.39, 0.29) is 6.10 Å². The van der Waals surface area contributed by atoms with Crippen LogP contribution < -0.4 is 4.74 Å². The zero-order chi connectivity index (χ0) is 26.4. The second-order valence-electron chi connectivity index (χ2n) is 9.56. The Morgan fingerprint density at radius 3 is 2.62 bits per heavy atom. The second kappa shape index (κ2) is 12.1. The summed E-state index contributed by atoms with van der Waals surface area (Å²) in [7, 11) is 7.61. The van der Waals surface area contributed by atoms with Crippen molar-refractivity contribution in [3.63, 3.8) is 0 Å². The van der Waals surface area contributed by atoms with Crippen LogP contribution in [0.4, 0.5) is 9.59 Å². The molecule has 1 aromatic carbocycles. The number of allylic oxidation sites excluding steroid dienone is 1. The smallest absolute Gasteiger partial charge is 0.497 e. The molecule has 10 nitrogen and oxygen atoms in total. The minimum absolute atomic E-state index is 0.223. The van der Waals surface area contributed by atoms with Crippen molar-refractivity contribution in [2.24, 2.45) is 0 Å². The normalized spacial score (nSPS) is 16.2. The molecular weight excluding hydrogens is 476 g/mol. The van der Waals surface area contributed by atoms with Crippen molar-refractivity contribution in [1.82, 2.24) is 19.3 Å². The highest BCUT2D eigenvalue weighted by atomic mass is 16.8. The molecule has 3 heterocycles. The third-order valence-electron chi connectivity index (χ3n) is 6.61. The van der Waals surface area contributed by atoms with Crippen molar-refractivity contribution in [1.29, 1.82) is 0 Å². The molecule has 0 aliphatic carbocycles. The first kappa shape index (κ1) is 26.4. The molecule has 2 aliphatic heterocycles. The van der Waals surface area contributed by atoms with E-state index in [0.717, 1.165) is 43.4 Å². The van der Waals surface area contributed by atoms with Gasteiger partial charge in [0, 0.05) is 69.4 Å². The highest BCUT2D eigenvalue weighted by Gasteiger charge is 2.25. The van der Waals surface area contributed by atoms with Crippen LogP contribution in [0.1, 0.15) is 24.8 Å². The number of methoxy groups -OCH3 is 1. The maximum atomic E-state index is 12.8. The van der Waals surface area contributed by atoms with Gasteiger partial charge in [-0.2, -0.15) is 0 Å². The molecule has 37 heavy (non-hydrogen) atoms. The average Bonchev–Trinajstić information content (AvgIpc) is 3.25. The van der Waals surface area contributed by atoms with Gasteiger partial charge >= 0.3 is 12.2 Å². The molecule has 200 valence electrons. The van der Waals surface area contributed by atoms with Crippen LogP contribution in [0.5, 0.6) is 5.75 Å². The van der Waals surface area contributed by atoms with E-state index in [0.29, 0.717) is 24.1 Å². The van der Waals surface area contributed by atoms with Gasteiger partial charge in [0.05, 0.1) is 12.6 Å². The summed E-state index contributed by atoms with van der Waals surface area (Å²) < 4.78 is 22.5. The Bertz CT molecular complexity index is 1160. The summed E-state index contributed by atoms with van der Waals surface area (Å²) in [5.41, 5.74) is 2.96. The van der Waals surface area contributed by atoms with Crippen molar-refractivity contribution in [3.8, 4) is 5.75 Å². The topological polar surface area (TPSA) is 85.7 Å². The third-order valence-corrected chi connectivity index (χ3v) is 6.61. The summed E-state index contributed by atoms with van der Waals surface area (Å²) >= 11 is 0. The molecule has 0 radical (unpaired) electrons. The predicted octanol–water partition coefficient (Wildman–Crippen LogP) is 4.00. The fraction of sp³-hybridized carbons (Fsp3) is 0.481. The minimum atomic E-state index is -0.834. The number of aromatic nitrogens is 1. The fourth-order valence-electron chi connectivity index (χ4n) is 4.61. The number of carbonyl (C=O) groups excluding carboxylic acids is 2. The monoisotopic (exact) mass is 512 g/mol. The van der Waals surface area contributed by atoms with Crippen molar-refractivity contribution < 1.29 is 28.5 Å². The first-order valence-electron chi connectivity index (χ1n) is 12.5. The molecule has 2 aliphatic rings. The van der Waals surface area contributed by atoms with Crippen LogP contribution in [-0.4, -0.2) is 92.3 Å². The largest absolute Gasteiger partial charge is 0.511 e. The molecule has 10 heteroatoms. The predicted molar refractivity (Wildman–Crippen MR) is 139 cm³/mol. The van der Waals surface area contributed by atoms with E-state index in [2.05, 4.69) is 22.1 Å². The first-order chi connectivity index (χ1) is 17.8. The molecule has 4 rings (SSSR count). The Balaban J connectivity index is 1.26. The molecule has 2 aromatic rings. The molecule has 0 spiro atoms. The minimum Gasteiger partial charge on any atom is -0.497 e. The average molecular weight is 513 g/mol. The SMILES string of the molecule is COc1ccc2c(c1)c(CCN(C)C)cn2C(=O)OCOC(=O)OC1CCN(C2=CN(C)C=CC2)CC1. The van der Waals surface area contributed by atoms with E-state index in [9.17, 15) is 9.59 Å². The molecule has 0 saturated carbocycles. The molecular formula is C27H36N4O6. The number of hydrogen-bond acceptors (Lipinski definition) is 9. The lowest BCUT2D eigenvalue weighted by Crippen LogP contribution is -2.38. The van der Waals surface area contributed by atoms with Gasteiger partial charge in [-0.1, -0.05) is 6.08 Å². The molecule has 1 fully saturated rings. The van der Waals surface area contributed by atoms with Gasteiger partial charge in [-0.3, -0.25) is 4.57 Å². The molecule has 0 N–H and O–H groups in total. The van der Waals surface area contributed by atoms with Gasteiger partial charge in [-0.15, -0.1) is 0 Å². The van der Waals surface area contributed by atoms with E-state index in [4.69, 9.17) is 18.9 Å². The van der Waals surface area contributed by atoms with Crippen LogP contribution in [-0.2, 0) is 20.6 Å². The third kappa shape index (κ3) is 6.76. The second-order valence-corrected chi connectivity index (χ2v) is 9.56. The fourth-order valence-corrected chi connectivity index (χ4v) is 4.61. The number of likely N-dealkylation sites (tertiary alicyclic amines) is 1. The van der Waals surface area contributed by atoms with Gasteiger partial charge in [0.15, 0.2) is 0 Å². The Hall–Kier alpha value is -3.66. The van der Waals surface area contributed by atoms with Crippen LogP contribution in [0.25, 0.3) is 10.9 Å². The summed E-state index contributed by atoms with van der Waals surface area (Å²) in [6, 6.07) is 5.51. The van der Waals surface area contributed by atoms with Gasteiger partial charge in [0.1, 0.15) is 11.9 Å². The van der Waals surface area contributed by atoms with Crippen molar-refractivity contribution in [2.75, 3.05) is 54.7 Å². The van der Waals surface area contributed by atoms with E-state index in [1.807, 2.05) is 44.4 Å². The molecule has 1 saturated heterocycles. The number of carbonyl (C=O) groups is 2. The number of nitrogens with zero attached hydrogens (tertiary/aromatic N) is 4. The Labute approximate surface area is 217 Å². The van der Waals surface area contributed by atoms with E-state index in [1.54, 1.807) is 19.4 Å². The lowest BCUT2D eigenvalue weighted by molar-refractivity contribution is -0.0383. The van der Waals surface area contributed by atoms with Crippen molar-refractivity contribution in [2.45, 2.75) is 31.8 Å². The van der Waals surface area contributed by atoms with Crippen molar-refractivity contribution >= 4 is 23.2 Å². The van der Waals surface area contributed by atoms with Gasteiger partial charge in [-0.25, -0.2) is 9.59 Å². The highest BCUT2D eigenvalue weighted by molar-refractivity contribution is 5.92. The number of hydrogen-bond donors (Lipinski definition) is 0. The molecule has 0 amide bonds. The number of ether oxygens (including phenoxy) is 4. The first-order valence-corrected chi connectivity index (χ1v) is 12.5. The van der Waals surface area contributed by atoms with Gasteiger partial charge in [0.25, 0.3) is 0 Å². The number of rotatable bonds is 8. The Kier molecular flexibility index (Phi) is 8.60. The van der Waals surface area contributed by atoms with Gasteiger partial charge in [0.2, 0.25) is 6.79 Å².